The molecule has 1 heterocycles. The fourth-order valence-corrected chi connectivity index (χ4v) is 1.53. The van der Waals surface area contributed by atoms with Crippen LogP contribution in [0.2, 0.25) is 0 Å². The van der Waals surface area contributed by atoms with Gasteiger partial charge in [0.25, 0.3) is 5.91 Å². The molecular weight excluding hydrogens is 235 g/mol. The van der Waals surface area contributed by atoms with Gasteiger partial charge in [0.05, 0.1) is 29.6 Å². The fourth-order valence-electron chi connectivity index (χ4n) is 1.53. The van der Waals surface area contributed by atoms with Crippen LogP contribution in [0.5, 0.6) is 0 Å². The standard InChI is InChI=1S/C12H7FN4O/c13-11-9(8-1-2-16-17-6-8)3-7(5-14)4-10(11)12(15)18/h1-4,6H,(H2,15,18). The number of aromatic nitrogens is 2. The molecule has 1 aromatic heterocycles. The highest BCUT2D eigenvalue weighted by atomic mass is 19.1. The van der Waals surface area contributed by atoms with Gasteiger partial charge in [-0.1, -0.05) is 0 Å². The minimum Gasteiger partial charge on any atom is -0.366 e. The first-order valence-electron chi connectivity index (χ1n) is 4.94. The maximum Gasteiger partial charge on any atom is 0.251 e. The first kappa shape index (κ1) is 11.7. The van der Waals surface area contributed by atoms with Crippen LogP contribution in [0.15, 0.2) is 30.6 Å². The van der Waals surface area contributed by atoms with Crippen molar-refractivity contribution in [1.82, 2.24) is 10.2 Å². The zero-order chi connectivity index (χ0) is 13.1. The Labute approximate surface area is 102 Å². The Morgan fingerprint density at radius 2 is 2.17 bits per heavy atom. The van der Waals surface area contributed by atoms with E-state index in [-0.39, 0.29) is 16.7 Å². The van der Waals surface area contributed by atoms with Crippen molar-refractivity contribution in [2.75, 3.05) is 0 Å². The van der Waals surface area contributed by atoms with E-state index in [0.717, 1.165) is 6.07 Å². The Morgan fingerprint density at radius 3 is 2.72 bits per heavy atom. The van der Waals surface area contributed by atoms with Crippen molar-refractivity contribution in [2.24, 2.45) is 5.73 Å². The lowest BCUT2D eigenvalue weighted by molar-refractivity contribution is 0.0996. The van der Waals surface area contributed by atoms with Gasteiger partial charge in [-0.2, -0.15) is 15.5 Å². The molecule has 1 aromatic carbocycles. The summed E-state index contributed by atoms with van der Waals surface area (Å²) in [7, 11) is 0. The van der Waals surface area contributed by atoms with Crippen LogP contribution in [-0.2, 0) is 0 Å². The predicted octanol–water partition coefficient (Wildman–Crippen LogP) is 1.25. The summed E-state index contributed by atoms with van der Waals surface area (Å²) in [6.07, 6.45) is 2.72. The van der Waals surface area contributed by atoms with Crippen molar-refractivity contribution < 1.29 is 9.18 Å². The van der Waals surface area contributed by atoms with Gasteiger partial charge in [-0.15, -0.1) is 0 Å². The minimum atomic E-state index is -0.923. The largest absolute Gasteiger partial charge is 0.366 e. The lowest BCUT2D eigenvalue weighted by Gasteiger charge is -2.06. The van der Waals surface area contributed by atoms with E-state index in [0.29, 0.717) is 5.56 Å². The smallest absolute Gasteiger partial charge is 0.251 e. The second kappa shape index (κ2) is 4.59. The lowest BCUT2D eigenvalue weighted by atomic mass is 10.0. The van der Waals surface area contributed by atoms with Crippen molar-refractivity contribution in [3.05, 3.63) is 47.5 Å². The summed E-state index contributed by atoms with van der Waals surface area (Å²) in [5.41, 5.74) is 5.41. The number of carbonyl (C=O) groups excluding carboxylic acids is 1. The van der Waals surface area contributed by atoms with E-state index in [2.05, 4.69) is 10.2 Å². The quantitative estimate of drug-likeness (QED) is 0.857. The maximum atomic E-state index is 14.1. The van der Waals surface area contributed by atoms with Crippen LogP contribution in [0.3, 0.4) is 0 Å². The van der Waals surface area contributed by atoms with E-state index in [1.807, 2.05) is 6.07 Å². The molecule has 2 rings (SSSR count). The molecule has 0 aliphatic carbocycles. The third-order valence-corrected chi connectivity index (χ3v) is 2.36. The minimum absolute atomic E-state index is 0.0951. The van der Waals surface area contributed by atoms with E-state index in [1.54, 1.807) is 0 Å². The second-order valence-electron chi connectivity index (χ2n) is 3.49. The zero-order valence-corrected chi connectivity index (χ0v) is 9.09. The van der Waals surface area contributed by atoms with E-state index in [9.17, 15) is 9.18 Å². The maximum absolute atomic E-state index is 14.1. The van der Waals surface area contributed by atoms with Crippen molar-refractivity contribution in [3.63, 3.8) is 0 Å². The average molecular weight is 242 g/mol. The number of carbonyl (C=O) groups is 1. The molecular formula is C12H7FN4O. The normalized spacial score (nSPS) is 9.78. The number of rotatable bonds is 2. The number of nitrogens with two attached hydrogens (primary N) is 1. The van der Waals surface area contributed by atoms with Crippen LogP contribution in [-0.4, -0.2) is 16.1 Å². The van der Waals surface area contributed by atoms with E-state index >= 15 is 0 Å². The van der Waals surface area contributed by atoms with Gasteiger partial charge in [-0.05, 0) is 18.2 Å². The van der Waals surface area contributed by atoms with Crippen LogP contribution in [0.1, 0.15) is 15.9 Å². The van der Waals surface area contributed by atoms with Crippen molar-refractivity contribution >= 4 is 5.91 Å². The summed E-state index contributed by atoms with van der Waals surface area (Å²) < 4.78 is 14.1. The predicted molar refractivity (Wildman–Crippen MR) is 60.7 cm³/mol. The second-order valence-corrected chi connectivity index (χ2v) is 3.49. The fraction of sp³-hybridized carbons (Fsp3) is 0. The highest BCUT2D eigenvalue weighted by Gasteiger charge is 2.16. The van der Waals surface area contributed by atoms with Gasteiger partial charge in [0, 0.05) is 11.1 Å². The zero-order valence-electron chi connectivity index (χ0n) is 9.09. The van der Waals surface area contributed by atoms with E-state index in [4.69, 9.17) is 11.0 Å². The van der Waals surface area contributed by atoms with E-state index in [1.165, 1.54) is 24.5 Å². The molecule has 0 radical (unpaired) electrons. The summed E-state index contributed by atoms with van der Waals surface area (Å²) in [6.45, 7) is 0. The number of amides is 1. The molecule has 0 saturated carbocycles. The molecule has 6 heteroatoms. The number of nitrogens with zero attached hydrogens (tertiary/aromatic N) is 3. The summed E-state index contributed by atoms with van der Waals surface area (Å²) in [4.78, 5) is 11.1. The molecule has 0 unspecified atom stereocenters. The molecule has 0 atom stereocenters. The van der Waals surface area contributed by atoms with Gasteiger partial charge in [-0.25, -0.2) is 4.39 Å². The molecule has 0 bridgehead atoms. The average Bonchev–Trinajstić information content (AvgIpc) is 2.39. The van der Waals surface area contributed by atoms with Crippen LogP contribution in [0, 0.1) is 17.1 Å². The summed E-state index contributed by atoms with van der Waals surface area (Å²) >= 11 is 0. The number of primary amides is 1. The molecule has 18 heavy (non-hydrogen) atoms. The molecule has 0 fully saturated rings. The van der Waals surface area contributed by atoms with E-state index < -0.39 is 11.7 Å². The number of nitriles is 1. The number of halogens is 1. The van der Waals surface area contributed by atoms with Gasteiger partial charge >= 0.3 is 0 Å². The Kier molecular flexibility index (Phi) is 2.98. The third kappa shape index (κ3) is 2.01. The monoisotopic (exact) mass is 242 g/mol. The summed E-state index contributed by atoms with van der Waals surface area (Å²) in [5.74, 6) is -1.69. The van der Waals surface area contributed by atoms with Gasteiger partial charge in [0.1, 0.15) is 5.82 Å². The molecule has 0 aliphatic rings. The molecule has 1 amide bonds. The lowest BCUT2D eigenvalue weighted by Crippen LogP contribution is -2.14. The highest BCUT2D eigenvalue weighted by molar-refractivity contribution is 5.95. The molecule has 5 nitrogen and oxygen atoms in total. The summed E-state index contributed by atoms with van der Waals surface area (Å²) in [5, 5.41) is 16.0. The molecule has 2 N–H and O–H groups in total. The topological polar surface area (TPSA) is 92.7 Å². The van der Waals surface area contributed by atoms with Crippen molar-refractivity contribution in [3.8, 4) is 17.2 Å². The Bertz CT molecular complexity index is 649. The number of hydrogen-bond donors (Lipinski definition) is 1. The van der Waals surface area contributed by atoms with Crippen LogP contribution in [0.4, 0.5) is 4.39 Å². The molecule has 88 valence electrons. The Morgan fingerprint density at radius 1 is 1.39 bits per heavy atom. The van der Waals surface area contributed by atoms with Gasteiger partial charge < -0.3 is 5.73 Å². The first-order chi connectivity index (χ1) is 8.63. The van der Waals surface area contributed by atoms with Crippen molar-refractivity contribution in [2.45, 2.75) is 0 Å². The third-order valence-electron chi connectivity index (χ3n) is 2.36. The summed E-state index contributed by atoms with van der Waals surface area (Å²) in [6, 6.07) is 5.83. The van der Waals surface area contributed by atoms with Gasteiger partial charge in [0.2, 0.25) is 0 Å². The van der Waals surface area contributed by atoms with Crippen LogP contribution >= 0.6 is 0 Å². The molecule has 2 aromatic rings. The first-order valence-corrected chi connectivity index (χ1v) is 4.94. The molecule has 0 saturated heterocycles. The molecule has 0 spiro atoms. The number of hydrogen-bond acceptors (Lipinski definition) is 4. The Hall–Kier alpha value is -2.81. The van der Waals surface area contributed by atoms with Crippen LogP contribution in [0.25, 0.3) is 11.1 Å². The van der Waals surface area contributed by atoms with Crippen LogP contribution < -0.4 is 5.73 Å². The van der Waals surface area contributed by atoms with Crippen molar-refractivity contribution in [1.29, 1.82) is 5.26 Å². The Balaban J connectivity index is 2.72. The highest BCUT2D eigenvalue weighted by Crippen LogP contribution is 2.25. The SMILES string of the molecule is N#Cc1cc(C(N)=O)c(F)c(-c2ccnnc2)c1. The number of benzene rings is 1. The van der Waals surface area contributed by atoms with Gasteiger partial charge in [-0.3, -0.25) is 4.79 Å². The van der Waals surface area contributed by atoms with Gasteiger partial charge in [0.15, 0.2) is 0 Å². The molecule has 0 aliphatic heterocycles.